The Morgan fingerprint density at radius 3 is 1.69 bits per heavy atom. The highest BCUT2D eigenvalue weighted by Gasteiger charge is 2.47. The number of rotatable bonds is 4. The molecule has 5 rings (SSSR count). The molecule has 0 heterocycles. The van der Waals surface area contributed by atoms with Crippen LogP contribution in [0.25, 0.3) is 0 Å². The third kappa shape index (κ3) is 3.96. The van der Waals surface area contributed by atoms with Crippen LogP contribution >= 0.6 is 0 Å². The third-order valence-electron chi connectivity index (χ3n) is 6.73. The molecule has 7 heteroatoms. The summed E-state index contributed by atoms with van der Waals surface area (Å²) in [6.07, 6.45) is -1.13. The molecule has 35 heavy (non-hydrogen) atoms. The molecule has 1 aliphatic rings. The van der Waals surface area contributed by atoms with E-state index in [0.717, 1.165) is 5.56 Å². The van der Waals surface area contributed by atoms with Crippen LogP contribution in [0.15, 0.2) is 78.9 Å². The molecule has 178 valence electrons. The van der Waals surface area contributed by atoms with E-state index in [1.54, 1.807) is 24.3 Å². The number of phenols is 6. The Morgan fingerprint density at radius 2 is 1.09 bits per heavy atom. The summed E-state index contributed by atoms with van der Waals surface area (Å²) in [4.78, 5) is 0. The van der Waals surface area contributed by atoms with Crippen molar-refractivity contribution in [3.8, 4) is 34.5 Å². The molecule has 0 aliphatic heterocycles. The predicted molar refractivity (Wildman–Crippen MR) is 128 cm³/mol. The minimum absolute atomic E-state index is 0.0412. The van der Waals surface area contributed by atoms with Gasteiger partial charge >= 0.3 is 0 Å². The summed E-state index contributed by atoms with van der Waals surface area (Å²) < 4.78 is 0. The smallest absolute Gasteiger partial charge is 0.123 e. The molecular formula is C28H24O7. The molecule has 7 nitrogen and oxygen atoms in total. The molecule has 4 aromatic rings. The van der Waals surface area contributed by atoms with Crippen LogP contribution in [0.5, 0.6) is 34.5 Å². The molecule has 4 aromatic carbocycles. The first-order valence-electron chi connectivity index (χ1n) is 11.1. The fraction of sp³-hybridized carbons (Fsp3) is 0.143. The summed E-state index contributed by atoms with van der Waals surface area (Å²) in [5.74, 6) is -2.41. The van der Waals surface area contributed by atoms with Gasteiger partial charge in [-0.2, -0.15) is 0 Å². The maximum absolute atomic E-state index is 11.6. The molecular weight excluding hydrogens is 448 g/mol. The van der Waals surface area contributed by atoms with Crippen molar-refractivity contribution in [1.29, 1.82) is 0 Å². The van der Waals surface area contributed by atoms with E-state index in [4.69, 9.17) is 0 Å². The molecule has 4 atom stereocenters. The van der Waals surface area contributed by atoms with Gasteiger partial charge in [0.1, 0.15) is 34.5 Å². The van der Waals surface area contributed by atoms with E-state index in [9.17, 15) is 35.7 Å². The lowest BCUT2D eigenvalue weighted by Crippen LogP contribution is -2.18. The number of benzene rings is 4. The molecule has 0 bridgehead atoms. The van der Waals surface area contributed by atoms with Crippen molar-refractivity contribution in [2.75, 3.05) is 0 Å². The van der Waals surface area contributed by atoms with E-state index in [1.165, 1.54) is 54.6 Å². The van der Waals surface area contributed by atoms with Crippen molar-refractivity contribution >= 4 is 0 Å². The van der Waals surface area contributed by atoms with Crippen LogP contribution in [0.1, 0.15) is 51.7 Å². The van der Waals surface area contributed by atoms with Crippen molar-refractivity contribution in [2.45, 2.75) is 23.9 Å². The van der Waals surface area contributed by atoms with Crippen LogP contribution in [0, 0.1) is 0 Å². The Bertz CT molecular complexity index is 1360. The zero-order chi connectivity index (χ0) is 24.9. The van der Waals surface area contributed by atoms with Gasteiger partial charge in [0.05, 0.1) is 6.10 Å². The summed E-state index contributed by atoms with van der Waals surface area (Å²) in [6, 6.07) is 19.5. The second-order valence-corrected chi connectivity index (χ2v) is 8.91. The highest BCUT2D eigenvalue weighted by atomic mass is 16.3. The standard InChI is InChI=1S/C28H24O7/c29-17-5-1-14(2-6-17)24-25(16-9-19(31)11-20(32)10-16)27(22-12-21(33)13-23(34)26(22)24)28(35)15-3-7-18(30)8-4-15/h1-13,24-25,27-35H/t24-,25-,27-,28-/m1/s1. The Morgan fingerprint density at radius 1 is 0.543 bits per heavy atom. The average molecular weight is 472 g/mol. The van der Waals surface area contributed by atoms with Crippen LogP contribution < -0.4 is 0 Å². The van der Waals surface area contributed by atoms with Crippen molar-refractivity contribution in [3.05, 3.63) is 107 Å². The number of hydrogen-bond acceptors (Lipinski definition) is 7. The summed E-state index contributed by atoms with van der Waals surface area (Å²) in [6.45, 7) is 0. The van der Waals surface area contributed by atoms with Crippen LogP contribution in [-0.4, -0.2) is 35.7 Å². The largest absolute Gasteiger partial charge is 0.508 e. The van der Waals surface area contributed by atoms with Crippen molar-refractivity contribution in [1.82, 2.24) is 0 Å². The molecule has 0 saturated heterocycles. The molecule has 1 aliphatic carbocycles. The lowest BCUT2D eigenvalue weighted by atomic mass is 9.75. The maximum atomic E-state index is 11.6. The van der Waals surface area contributed by atoms with Crippen LogP contribution in [-0.2, 0) is 0 Å². The molecule has 0 spiro atoms. The Hall–Kier alpha value is -4.36. The van der Waals surface area contributed by atoms with Gasteiger partial charge in [0.15, 0.2) is 0 Å². The minimum Gasteiger partial charge on any atom is -0.508 e. The van der Waals surface area contributed by atoms with Gasteiger partial charge in [0, 0.05) is 35.4 Å². The molecule has 7 N–H and O–H groups in total. The van der Waals surface area contributed by atoms with E-state index in [1.807, 2.05) is 0 Å². The van der Waals surface area contributed by atoms with Gasteiger partial charge in [-0.25, -0.2) is 0 Å². The first kappa shape index (κ1) is 22.4. The van der Waals surface area contributed by atoms with Crippen LogP contribution in [0.4, 0.5) is 0 Å². The zero-order valence-corrected chi connectivity index (χ0v) is 18.4. The second kappa shape index (κ2) is 8.45. The monoisotopic (exact) mass is 472 g/mol. The number of hydrogen-bond donors (Lipinski definition) is 7. The number of phenolic OH excluding ortho intramolecular Hbond substituents is 6. The van der Waals surface area contributed by atoms with Crippen LogP contribution in [0.2, 0.25) is 0 Å². The second-order valence-electron chi connectivity index (χ2n) is 8.91. The van der Waals surface area contributed by atoms with E-state index >= 15 is 0 Å². The number of aliphatic hydroxyl groups excluding tert-OH is 1. The number of fused-ring (bicyclic) bond motifs is 1. The van der Waals surface area contributed by atoms with E-state index in [-0.39, 0.29) is 34.5 Å². The van der Waals surface area contributed by atoms with Crippen molar-refractivity contribution < 1.29 is 35.7 Å². The quantitative estimate of drug-likeness (QED) is 0.229. The maximum Gasteiger partial charge on any atom is 0.123 e. The molecule has 0 amide bonds. The third-order valence-corrected chi connectivity index (χ3v) is 6.73. The van der Waals surface area contributed by atoms with Crippen molar-refractivity contribution in [3.63, 3.8) is 0 Å². The molecule has 0 saturated carbocycles. The van der Waals surface area contributed by atoms with Gasteiger partial charge in [-0.15, -0.1) is 0 Å². The van der Waals surface area contributed by atoms with Crippen molar-refractivity contribution in [2.24, 2.45) is 0 Å². The van der Waals surface area contributed by atoms with Gasteiger partial charge in [-0.1, -0.05) is 24.3 Å². The number of aliphatic hydroxyl groups is 1. The van der Waals surface area contributed by atoms with E-state index in [2.05, 4.69) is 0 Å². The molecule has 0 aromatic heterocycles. The van der Waals surface area contributed by atoms with E-state index < -0.39 is 23.9 Å². The van der Waals surface area contributed by atoms with Gasteiger partial charge < -0.3 is 35.7 Å². The SMILES string of the molecule is Oc1ccc([C@H]2c3c(O)cc(O)cc3[C@@H]([C@H](O)c3ccc(O)cc3)[C@@H]2c2cc(O)cc(O)c2)cc1. The lowest BCUT2D eigenvalue weighted by Gasteiger charge is -2.30. The molecule has 0 radical (unpaired) electrons. The summed E-state index contributed by atoms with van der Waals surface area (Å²) in [7, 11) is 0. The minimum atomic E-state index is -1.13. The first-order chi connectivity index (χ1) is 16.7. The summed E-state index contributed by atoms with van der Waals surface area (Å²) >= 11 is 0. The van der Waals surface area contributed by atoms with Crippen LogP contribution in [0.3, 0.4) is 0 Å². The normalized spacial score (nSPS) is 19.9. The fourth-order valence-electron chi connectivity index (χ4n) is 5.35. The topological polar surface area (TPSA) is 142 Å². The Kier molecular flexibility index (Phi) is 5.42. The van der Waals surface area contributed by atoms with Gasteiger partial charge in [-0.05, 0) is 64.7 Å². The Labute approximate surface area is 201 Å². The summed E-state index contributed by atoms with van der Waals surface area (Å²) in [5.41, 5.74) is 2.73. The average Bonchev–Trinajstić information content (AvgIpc) is 3.14. The molecule has 0 fully saturated rings. The fourth-order valence-corrected chi connectivity index (χ4v) is 5.35. The molecule has 0 unspecified atom stereocenters. The van der Waals surface area contributed by atoms with Gasteiger partial charge in [-0.3, -0.25) is 0 Å². The number of aromatic hydroxyl groups is 6. The Balaban J connectivity index is 1.79. The van der Waals surface area contributed by atoms with Gasteiger partial charge in [0.2, 0.25) is 0 Å². The van der Waals surface area contributed by atoms with Gasteiger partial charge in [0.25, 0.3) is 0 Å². The lowest BCUT2D eigenvalue weighted by molar-refractivity contribution is 0.134. The highest BCUT2D eigenvalue weighted by molar-refractivity contribution is 5.60. The predicted octanol–water partition coefficient (Wildman–Crippen LogP) is 4.67. The highest BCUT2D eigenvalue weighted by Crippen LogP contribution is 2.61. The summed E-state index contributed by atoms with van der Waals surface area (Å²) in [5, 5.41) is 73.0. The van der Waals surface area contributed by atoms with E-state index in [0.29, 0.717) is 22.3 Å². The zero-order valence-electron chi connectivity index (χ0n) is 18.4. The first-order valence-corrected chi connectivity index (χ1v) is 11.1.